The molecule has 2 aromatic heterocycles. The molecule has 534 valence electrons. The number of nitrogens with one attached hydrogen (secondary N) is 6. The summed E-state index contributed by atoms with van der Waals surface area (Å²) in [6, 6.07) is 21.4. The second-order valence-electron chi connectivity index (χ2n) is 22.1. The smallest absolute Gasteiger partial charge is 0.870 e. The van der Waals surface area contributed by atoms with Gasteiger partial charge in [-0.15, -0.1) is 0 Å². The van der Waals surface area contributed by atoms with Gasteiger partial charge in [-0.2, -0.15) is 27.5 Å². The Morgan fingerprint density at radius 3 is 1.31 bits per heavy atom. The molecule has 3 fully saturated rings. The molecule has 11 rings (SSSR count). The van der Waals surface area contributed by atoms with Gasteiger partial charge in [0, 0.05) is 80.8 Å². The Balaban J connectivity index is 0.000000360. The number of aliphatic hydroxyl groups excluding tert-OH is 4. The number of nitrogens with two attached hydrogens (primary N) is 2. The minimum Gasteiger partial charge on any atom is -0.870 e. The first-order valence-electron chi connectivity index (χ1n) is 29.7. The van der Waals surface area contributed by atoms with Gasteiger partial charge < -0.3 is 99.2 Å². The van der Waals surface area contributed by atoms with Gasteiger partial charge in [0.05, 0.1) is 50.6 Å². The summed E-state index contributed by atoms with van der Waals surface area (Å²) in [5.74, 6) is -10.6. The van der Waals surface area contributed by atoms with E-state index in [0.29, 0.717) is 31.6 Å². The first kappa shape index (κ1) is 84.4. The molecule has 0 bridgehead atoms. The number of hydrogen-bond donors (Lipinski definition) is 12. The number of carbonyl (C=O) groups is 6. The largest absolute Gasteiger partial charge is 1.00 e. The zero-order chi connectivity index (χ0) is 67.4. The van der Waals surface area contributed by atoms with Crippen LogP contribution in [0.25, 0.3) is 33.7 Å². The van der Waals surface area contributed by atoms with Crippen molar-refractivity contribution < 1.29 is 175 Å². The van der Waals surface area contributed by atoms with E-state index in [2.05, 4.69) is 41.9 Å². The Labute approximate surface area is 617 Å². The van der Waals surface area contributed by atoms with Crippen LogP contribution < -0.4 is 106 Å². The summed E-state index contributed by atoms with van der Waals surface area (Å²) < 4.78 is 78.3. The minimum atomic E-state index is -3.87. The van der Waals surface area contributed by atoms with Crippen molar-refractivity contribution in [1.29, 1.82) is 0 Å². The van der Waals surface area contributed by atoms with Crippen molar-refractivity contribution >= 4 is 91.9 Å². The molecule has 99 heavy (non-hydrogen) atoms. The van der Waals surface area contributed by atoms with Crippen LogP contribution in [0.4, 0.5) is 40.6 Å². The molecule has 37 heteroatoms. The van der Waals surface area contributed by atoms with E-state index in [-0.39, 0.29) is 175 Å². The van der Waals surface area contributed by atoms with Gasteiger partial charge in [-0.1, -0.05) is 73.5 Å². The number of rotatable bonds is 22. The van der Waals surface area contributed by atoms with Crippen LogP contribution in [0.15, 0.2) is 107 Å². The molecule has 5 aliphatic rings. The fraction of sp³-hybridized carbons (Fsp3) is 0.387. The topological polar surface area (TPSA) is 507 Å². The van der Waals surface area contributed by atoms with Gasteiger partial charge in [0.2, 0.25) is 24.3 Å². The number of carbonyl (C=O) groups excluding carboxylic acids is 6. The number of ether oxygens (including phenoxy) is 4. The van der Waals surface area contributed by atoms with Gasteiger partial charge in [0.1, 0.15) is 37.1 Å². The van der Waals surface area contributed by atoms with Crippen LogP contribution >= 0.6 is 0 Å². The molecule has 4 aromatic carbocycles. The third-order valence-electron chi connectivity index (χ3n) is 15.7. The molecule has 8 atom stereocenters. The van der Waals surface area contributed by atoms with E-state index in [9.17, 15) is 66.1 Å². The molecular weight excluding hydrogens is 1530 g/mol. The molecule has 0 radical (unpaired) electrons. The normalized spacial score (nSPS) is 20.8. The van der Waals surface area contributed by atoms with Gasteiger partial charge in [-0.3, -0.25) is 37.9 Å². The van der Waals surface area contributed by atoms with E-state index in [0.717, 1.165) is 70.0 Å². The van der Waals surface area contributed by atoms with Crippen LogP contribution in [-0.2, 0) is 59.2 Å². The molecule has 0 spiro atoms. The second kappa shape index (κ2) is 38.1. The maximum Gasteiger partial charge on any atom is 1.00 e. The van der Waals surface area contributed by atoms with Crippen LogP contribution in [0.2, 0.25) is 0 Å². The molecular formula is C62H73F4KN12O19Pt. The Morgan fingerprint density at radius 2 is 0.970 bits per heavy atom. The van der Waals surface area contributed by atoms with Crippen molar-refractivity contribution in [2.45, 2.75) is 86.5 Å². The van der Waals surface area contributed by atoms with Crippen LogP contribution in [-0.4, -0.2) is 205 Å². The Hall–Kier alpha value is -7.02. The predicted octanol–water partition coefficient (Wildman–Crippen LogP) is -3.26. The zero-order valence-electron chi connectivity index (χ0n) is 52.8. The number of aromatic nitrogens is 4. The average molecular weight is 1600 g/mol. The SMILES string of the molecule is N[C@H]1CCCC[C@@H]1N.O.O.O=C(CNc1ccc2cccc3c2c1C(=O)C=C3)NCCOCC(=O)Nc1ccn([C@@H]2O[C@H](CO)[C@H](O)C2(F)F)c(=O)n1.O=C(CNc1ccc2cccc3c2c1C(=O)C=C3)NCCOCC(=O)Nc1ccn([C@@H]2O[C@H](CO)[C@H](O)C2(F)F)c(=O)n1.[K+].[OH-].[Pt]. The van der Waals surface area contributed by atoms with Gasteiger partial charge in [-0.25, -0.2) is 9.59 Å². The van der Waals surface area contributed by atoms with E-state index in [1.807, 2.05) is 48.5 Å². The van der Waals surface area contributed by atoms with E-state index in [1.54, 1.807) is 24.3 Å². The summed E-state index contributed by atoms with van der Waals surface area (Å²) in [7, 11) is 0. The van der Waals surface area contributed by atoms with Crippen molar-refractivity contribution in [2.75, 3.05) is 87.1 Å². The molecule has 2 saturated heterocycles. The number of halogens is 4. The van der Waals surface area contributed by atoms with Crippen LogP contribution in [0.5, 0.6) is 0 Å². The van der Waals surface area contributed by atoms with Gasteiger partial charge in [0.15, 0.2) is 23.8 Å². The molecule has 31 nitrogen and oxygen atoms in total. The van der Waals surface area contributed by atoms with Crippen LogP contribution in [0, 0.1) is 0 Å². The second-order valence-corrected chi connectivity index (χ2v) is 22.1. The number of nitrogens with zero attached hydrogens (tertiary/aromatic N) is 4. The van der Waals surface area contributed by atoms with E-state index < -0.39 is 98.3 Å². The van der Waals surface area contributed by atoms with Crippen molar-refractivity contribution in [3.63, 3.8) is 0 Å². The summed E-state index contributed by atoms with van der Waals surface area (Å²) in [5, 5.41) is 56.7. The van der Waals surface area contributed by atoms with Crippen molar-refractivity contribution in [2.24, 2.45) is 11.5 Å². The number of alkyl halides is 4. The number of aliphatic hydroxyl groups is 4. The number of anilines is 4. The summed E-state index contributed by atoms with van der Waals surface area (Å²) >= 11 is 0. The van der Waals surface area contributed by atoms with Gasteiger partial charge >= 0.3 is 74.6 Å². The predicted molar refractivity (Wildman–Crippen MR) is 341 cm³/mol. The minimum absolute atomic E-state index is 0. The third kappa shape index (κ3) is 20.4. The molecule has 1 saturated carbocycles. The Morgan fingerprint density at radius 1 is 0.586 bits per heavy atom. The van der Waals surface area contributed by atoms with Gasteiger partial charge in [0.25, 0.3) is 11.8 Å². The number of amides is 4. The Kier molecular flexibility index (Phi) is 32.5. The quantitative estimate of drug-likeness (QED) is 0.0180. The Bertz CT molecular complexity index is 3770. The number of allylic oxidation sites excluding steroid dienone is 2. The average Bonchev–Trinajstić information content (AvgIpc) is 1.30. The summed E-state index contributed by atoms with van der Waals surface area (Å²) in [4.78, 5) is 106. The maximum absolute atomic E-state index is 14.3. The molecule has 4 amide bonds. The fourth-order valence-corrected chi connectivity index (χ4v) is 10.8. The van der Waals surface area contributed by atoms with Crippen molar-refractivity contribution in [3.05, 3.63) is 141 Å². The summed E-state index contributed by atoms with van der Waals surface area (Å²) in [6.07, 6.45) is 0.951. The van der Waals surface area contributed by atoms with Crippen LogP contribution in [0.3, 0.4) is 0 Å². The standard InChI is InChI=1S/2C28H27F2N5O8.C6H14N2.K.3H2O.Pt/c2*29-28(30)25(40)19(13-36)43-26(28)35-10-8-20(34-27(35)41)33-22(39)14-42-11-9-31-21(38)12-32-17-6-4-15-2-1-3-16-5-7-18(37)24(17)23(15)16;7-5-3-1-2-4-6(5)8;;;;;/h2*1-8,10,19,25-26,32,36,40H,9,11-14H2,(H,31,38)(H,33,34,39,41);5-6H,1-4,7-8H2;;3*1H2;/q;;;+1;;;;/p-1/t2*19-,25+,26-;5-,6-;;;;;/m110...../s1. The number of hydrogen-bond acceptors (Lipinski definition) is 23. The summed E-state index contributed by atoms with van der Waals surface area (Å²) in [6.45, 7) is -2.76. The number of ketones is 2. The van der Waals surface area contributed by atoms with E-state index in [4.69, 9.17) is 40.6 Å². The molecule has 4 heterocycles. The zero-order valence-corrected chi connectivity index (χ0v) is 58.2. The van der Waals surface area contributed by atoms with E-state index in [1.165, 1.54) is 25.0 Å². The first-order chi connectivity index (χ1) is 45.0. The molecule has 0 unspecified atom stereocenters. The van der Waals surface area contributed by atoms with E-state index >= 15 is 0 Å². The molecule has 3 aliphatic carbocycles. The van der Waals surface area contributed by atoms with Crippen molar-refractivity contribution in [3.8, 4) is 0 Å². The molecule has 2 aliphatic heterocycles. The fourth-order valence-electron chi connectivity index (χ4n) is 10.8. The van der Waals surface area contributed by atoms with Gasteiger partial charge in [-0.05, 0) is 71.2 Å². The first-order valence-corrected chi connectivity index (χ1v) is 29.7. The monoisotopic (exact) mass is 1600 g/mol. The molecule has 6 aromatic rings. The summed E-state index contributed by atoms with van der Waals surface area (Å²) in [5.41, 5.74) is 12.9. The molecule has 19 N–H and O–H groups in total. The maximum atomic E-state index is 14.3. The van der Waals surface area contributed by atoms with Crippen molar-refractivity contribution in [1.82, 2.24) is 29.7 Å². The third-order valence-corrected chi connectivity index (χ3v) is 15.7. The van der Waals surface area contributed by atoms with Crippen LogP contribution in [0.1, 0.15) is 70.0 Å². The number of benzene rings is 4.